The first kappa shape index (κ1) is 29.5. The summed E-state index contributed by atoms with van der Waals surface area (Å²) in [6, 6.07) is 3.49. The minimum Gasteiger partial charge on any atom is -0.493 e. The van der Waals surface area contributed by atoms with E-state index >= 15 is 0 Å². The number of ether oxygens (including phenoxy) is 5. The van der Waals surface area contributed by atoms with Crippen LogP contribution in [-0.4, -0.2) is 51.1 Å². The lowest BCUT2D eigenvalue weighted by Gasteiger charge is -2.60. The summed E-state index contributed by atoms with van der Waals surface area (Å²) in [5.74, 6) is 0.852. The van der Waals surface area contributed by atoms with Crippen molar-refractivity contribution >= 4 is 18.0 Å². The number of cyclic esters (lactones) is 1. The van der Waals surface area contributed by atoms with Gasteiger partial charge in [0, 0.05) is 11.5 Å². The Morgan fingerprint density at radius 3 is 2.45 bits per heavy atom. The van der Waals surface area contributed by atoms with Gasteiger partial charge in [0.05, 0.1) is 45.9 Å². The highest BCUT2D eigenvalue weighted by Gasteiger charge is 2.58. The van der Waals surface area contributed by atoms with Crippen LogP contribution in [0, 0.1) is 22.7 Å². The standard InChI is InChI=1S/C32H40O8/c1-20-7-11-26-31(2,23(20)10-9-22-14-16-39-30(22)35)15-13-27(33)32(26,3)19-40-28(34)12-8-21-17-24(36-4)29(38-6)25(18-21)37-5/h8-9,12,14,16-18,23,26-27,33H,1,7,10-11,13,15,19H2,2-6H3/b12-8+,22-9+/t23-,26?,27-,31+,32+/m1/s1. The molecule has 1 aromatic rings. The number of aliphatic hydroxyl groups excluding tert-OH is 1. The van der Waals surface area contributed by atoms with Gasteiger partial charge in [0.1, 0.15) is 0 Å². The number of benzene rings is 1. The second kappa shape index (κ2) is 11.9. The summed E-state index contributed by atoms with van der Waals surface area (Å²) in [4.78, 5) is 24.8. The first-order chi connectivity index (χ1) is 19.1. The normalized spacial score (nSPS) is 30.8. The Bertz CT molecular complexity index is 1220. The van der Waals surface area contributed by atoms with Crippen molar-refractivity contribution in [3.63, 3.8) is 0 Å². The summed E-state index contributed by atoms with van der Waals surface area (Å²) in [6.07, 6.45) is 11.2. The second-order valence-corrected chi connectivity index (χ2v) is 11.4. The fourth-order valence-corrected chi connectivity index (χ4v) is 6.95. The molecule has 1 N–H and O–H groups in total. The molecule has 2 aliphatic carbocycles. The van der Waals surface area contributed by atoms with Gasteiger partial charge in [-0.1, -0.05) is 32.1 Å². The summed E-state index contributed by atoms with van der Waals surface area (Å²) in [5, 5.41) is 11.2. The SMILES string of the molecule is C=C1CCC2[C@](C)(COC(=O)/C=C/c3cc(OC)c(OC)c(OC)c3)[C@H](O)CC[C@@]2(C)[C@@H]1C/C=C1\C=COC1=O. The molecule has 1 aromatic carbocycles. The van der Waals surface area contributed by atoms with E-state index in [-0.39, 0.29) is 29.8 Å². The van der Waals surface area contributed by atoms with Gasteiger partial charge in [-0.3, -0.25) is 0 Å². The number of methoxy groups -OCH3 is 3. The molecule has 0 bridgehead atoms. The zero-order chi connectivity index (χ0) is 29.1. The maximum Gasteiger partial charge on any atom is 0.342 e. The van der Waals surface area contributed by atoms with Crippen LogP contribution in [0.1, 0.15) is 51.5 Å². The van der Waals surface area contributed by atoms with Crippen molar-refractivity contribution < 1.29 is 38.4 Å². The van der Waals surface area contributed by atoms with E-state index in [4.69, 9.17) is 23.7 Å². The number of allylic oxidation sites excluding steroid dienone is 2. The summed E-state index contributed by atoms with van der Waals surface area (Å²) in [6.45, 7) is 8.76. The number of rotatable bonds is 9. The Kier molecular flexibility index (Phi) is 8.78. The number of esters is 2. The molecule has 8 nitrogen and oxygen atoms in total. The van der Waals surface area contributed by atoms with Crippen molar-refractivity contribution in [3.8, 4) is 17.2 Å². The quantitative estimate of drug-likeness (QED) is 0.247. The summed E-state index contributed by atoms with van der Waals surface area (Å²) in [5.41, 5.74) is 1.62. The number of hydrogen-bond donors (Lipinski definition) is 1. The van der Waals surface area contributed by atoms with Gasteiger partial charge < -0.3 is 28.8 Å². The van der Waals surface area contributed by atoms with Crippen molar-refractivity contribution in [1.29, 1.82) is 0 Å². The summed E-state index contributed by atoms with van der Waals surface area (Å²) in [7, 11) is 4.60. The van der Waals surface area contributed by atoms with Crippen LogP contribution in [0.15, 0.2) is 54.3 Å². The molecule has 1 aliphatic heterocycles. The van der Waals surface area contributed by atoms with Gasteiger partial charge in [-0.25, -0.2) is 9.59 Å². The van der Waals surface area contributed by atoms with E-state index in [2.05, 4.69) is 13.5 Å². The van der Waals surface area contributed by atoms with Gasteiger partial charge in [0.2, 0.25) is 5.75 Å². The molecule has 5 atom stereocenters. The molecule has 2 saturated carbocycles. The van der Waals surface area contributed by atoms with E-state index in [0.29, 0.717) is 41.2 Å². The minimum absolute atomic E-state index is 0.0994. The third-order valence-electron chi connectivity index (χ3n) is 9.21. The molecular weight excluding hydrogens is 512 g/mol. The maximum atomic E-state index is 12.8. The fraction of sp³-hybridized carbons (Fsp3) is 0.500. The zero-order valence-corrected chi connectivity index (χ0v) is 24.0. The van der Waals surface area contributed by atoms with Crippen molar-refractivity contribution in [2.24, 2.45) is 22.7 Å². The molecule has 2 fully saturated rings. The van der Waals surface area contributed by atoms with Gasteiger partial charge >= 0.3 is 11.9 Å². The van der Waals surface area contributed by atoms with Crippen LogP contribution in [0.3, 0.4) is 0 Å². The highest BCUT2D eigenvalue weighted by molar-refractivity contribution is 5.94. The smallest absolute Gasteiger partial charge is 0.342 e. The van der Waals surface area contributed by atoms with Crippen LogP contribution in [0.25, 0.3) is 6.08 Å². The van der Waals surface area contributed by atoms with Crippen LogP contribution in [-0.2, 0) is 19.1 Å². The fourth-order valence-electron chi connectivity index (χ4n) is 6.95. The Labute approximate surface area is 236 Å². The number of carbonyl (C=O) groups is 2. The lowest BCUT2D eigenvalue weighted by molar-refractivity contribution is -0.170. The van der Waals surface area contributed by atoms with Crippen LogP contribution >= 0.6 is 0 Å². The van der Waals surface area contributed by atoms with Crippen molar-refractivity contribution in [3.05, 3.63) is 59.9 Å². The Morgan fingerprint density at radius 2 is 1.85 bits per heavy atom. The Hall–Kier alpha value is -3.52. The van der Waals surface area contributed by atoms with Gasteiger partial charge in [-0.2, -0.15) is 0 Å². The number of hydrogen-bond acceptors (Lipinski definition) is 8. The highest BCUT2D eigenvalue weighted by atomic mass is 16.5. The molecule has 0 spiro atoms. The van der Waals surface area contributed by atoms with Crippen molar-refractivity contribution in [2.45, 2.75) is 52.1 Å². The predicted octanol–water partition coefficient (Wildman–Crippen LogP) is 5.41. The minimum atomic E-state index is -0.624. The molecule has 0 radical (unpaired) electrons. The molecular formula is C32H40O8. The Morgan fingerprint density at radius 1 is 1.15 bits per heavy atom. The molecule has 1 unspecified atom stereocenters. The molecule has 4 rings (SSSR count). The molecule has 216 valence electrons. The predicted molar refractivity (Wildman–Crippen MR) is 151 cm³/mol. The summed E-state index contributed by atoms with van der Waals surface area (Å²) < 4.78 is 26.8. The van der Waals surface area contributed by atoms with E-state index in [1.807, 2.05) is 13.0 Å². The van der Waals surface area contributed by atoms with Gasteiger partial charge in [0.25, 0.3) is 0 Å². The number of carbonyl (C=O) groups excluding carboxylic acids is 2. The summed E-state index contributed by atoms with van der Waals surface area (Å²) >= 11 is 0. The maximum absolute atomic E-state index is 12.8. The van der Waals surface area contributed by atoms with Crippen molar-refractivity contribution in [2.75, 3.05) is 27.9 Å². The molecule has 0 saturated heterocycles. The lowest BCUT2D eigenvalue weighted by Crippen LogP contribution is -2.57. The van der Waals surface area contributed by atoms with Crippen molar-refractivity contribution in [1.82, 2.24) is 0 Å². The third-order valence-corrected chi connectivity index (χ3v) is 9.21. The van der Waals surface area contributed by atoms with Gasteiger partial charge in [-0.15, -0.1) is 0 Å². The highest BCUT2D eigenvalue weighted by Crippen LogP contribution is 2.62. The molecule has 0 amide bonds. The second-order valence-electron chi connectivity index (χ2n) is 11.4. The largest absolute Gasteiger partial charge is 0.493 e. The van der Waals surface area contributed by atoms with E-state index in [9.17, 15) is 14.7 Å². The lowest BCUT2D eigenvalue weighted by atomic mass is 9.46. The third kappa shape index (κ3) is 5.55. The van der Waals surface area contributed by atoms with Gasteiger partial charge in [0.15, 0.2) is 11.5 Å². The first-order valence-electron chi connectivity index (χ1n) is 13.7. The van der Waals surface area contributed by atoms with Crippen LogP contribution in [0.4, 0.5) is 0 Å². The molecule has 0 aromatic heterocycles. The Balaban J connectivity index is 1.49. The zero-order valence-electron chi connectivity index (χ0n) is 24.0. The number of aliphatic hydroxyl groups is 1. The molecule has 8 heteroatoms. The van der Waals surface area contributed by atoms with E-state index in [1.54, 1.807) is 24.3 Å². The average Bonchev–Trinajstić information content (AvgIpc) is 3.36. The van der Waals surface area contributed by atoms with E-state index in [1.165, 1.54) is 33.7 Å². The van der Waals surface area contributed by atoms with Crippen LogP contribution in [0.5, 0.6) is 17.2 Å². The van der Waals surface area contributed by atoms with Crippen LogP contribution in [0.2, 0.25) is 0 Å². The van der Waals surface area contributed by atoms with Gasteiger partial charge in [-0.05, 0) is 79.2 Å². The van der Waals surface area contributed by atoms with E-state index < -0.39 is 17.5 Å². The number of fused-ring (bicyclic) bond motifs is 1. The molecule has 40 heavy (non-hydrogen) atoms. The monoisotopic (exact) mass is 552 g/mol. The average molecular weight is 553 g/mol. The first-order valence-corrected chi connectivity index (χ1v) is 13.7. The van der Waals surface area contributed by atoms with Crippen LogP contribution < -0.4 is 14.2 Å². The van der Waals surface area contributed by atoms with E-state index in [0.717, 1.165) is 24.8 Å². The molecule has 1 heterocycles. The topological polar surface area (TPSA) is 101 Å². The molecule has 3 aliphatic rings.